The van der Waals surface area contributed by atoms with Gasteiger partial charge in [0.2, 0.25) is 9.70 Å². The molecule has 1 fully saturated rings. The number of alkyl halides is 3. The largest absolute Gasteiger partial charge is 0.359 e. The Labute approximate surface area is 206 Å². The van der Waals surface area contributed by atoms with Gasteiger partial charge in [0, 0.05) is 30.7 Å². The first-order valence-electron chi connectivity index (χ1n) is 10.1. The Bertz CT molecular complexity index is 1140. The number of hydrogen-bond acceptors (Lipinski definition) is 2. The molecule has 9 heteroatoms. The van der Waals surface area contributed by atoms with Gasteiger partial charge >= 0.3 is 0 Å². The number of amides is 1. The summed E-state index contributed by atoms with van der Waals surface area (Å²) in [6.45, 7) is 1.28. The lowest BCUT2D eigenvalue weighted by molar-refractivity contribution is -0.117. The number of benzene rings is 2. The topological polar surface area (TPSA) is 51.4 Å². The number of thiocarbonyl (C=S) groups is 1. The van der Waals surface area contributed by atoms with Crippen LogP contribution in [0.5, 0.6) is 0 Å². The Morgan fingerprint density at radius 2 is 1.88 bits per heavy atom. The number of para-hydroxylation sites is 1. The molecule has 0 radical (unpaired) electrons. The summed E-state index contributed by atoms with van der Waals surface area (Å²) in [5.41, 5.74) is 2.82. The third-order valence-electron chi connectivity index (χ3n) is 5.24. The molecule has 0 bridgehead atoms. The molecule has 32 heavy (non-hydrogen) atoms. The van der Waals surface area contributed by atoms with Gasteiger partial charge in [-0.1, -0.05) is 77.3 Å². The van der Waals surface area contributed by atoms with Crippen molar-refractivity contribution in [1.82, 2.24) is 15.2 Å². The standard InChI is InChI=1S/C23H21Cl3N4OS/c24-23(25,26)21(28-19(31)11-10-16-6-2-1-3-7-16)30-15-5-14-29(22(30)32)18-9-4-8-17-12-13-27-20(17)18/h1-4,6-13,21,27H,5,14-15H2,(H,28,31)/b11-10+. The molecule has 166 valence electrons. The fourth-order valence-electron chi connectivity index (χ4n) is 3.76. The van der Waals surface area contributed by atoms with Gasteiger partial charge in [-0.3, -0.25) is 4.79 Å². The molecule has 2 N–H and O–H groups in total. The zero-order valence-corrected chi connectivity index (χ0v) is 20.1. The number of carbonyl (C=O) groups excluding carboxylic acids is 1. The smallest absolute Gasteiger partial charge is 0.245 e. The first-order valence-corrected chi connectivity index (χ1v) is 11.6. The Balaban J connectivity index is 1.56. The summed E-state index contributed by atoms with van der Waals surface area (Å²) in [4.78, 5) is 19.7. The first-order chi connectivity index (χ1) is 15.3. The van der Waals surface area contributed by atoms with Gasteiger partial charge < -0.3 is 20.1 Å². The van der Waals surface area contributed by atoms with Crippen molar-refractivity contribution >= 4 is 80.7 Å². The summed E-state index contributed by atoms with van der Waals surface area (Å²) in [6.07, 6.45) is 4.87. The number of nitrogens with zero attached hydrogens (tertiary/aromatic N) is 2. The van der Waals surface area contributed by atoms with E-state index in [1.807, 2.05) is 65.7 Å². The quantitative estimate of drug-likeness (QED) is 0.272. The summed E-state index contributed by atoms with van der Waals surface area (Å²) >= 11 is 24.7. The molecule has 1 amide bonds. The van der Waals surface area contributed by atoms with Crippen molar-refractivity contribution in [3.63, 3.8) is 0 Å². The molecule has 3 aromatic rings. The van der Waals surface area contributed by atoms with Crippen molar-refractivity contribution in [3.8, 4) is 0 Å². The van der Waals surface area contributed by atoms with Crippen LogP contribution in [0.1, 0.15) is 12.0 Å². The highest BCUT2D eigenvalue weighted by molar-refractivity contribution is 7.80. The van der Waals surface area contributed by atoms with Crippen LogP contribution >= 0.6 is 47.0 Å². The van der Waals surface area contributed by atoms with Crippen LogP contribution < -0.4 is 10.2 Å². The predicted molar refractivity (Wildman–Crippen MR) is 137 cm³/mol. The maximum absolute atomic E-state index is 12.7. The number of aromatic nitrogens is 1. The van der Waals surface area contributed by atoms with Crippen LogP contribution in [0.15, 0.2) is 66.9 Å². The maximum Gasteiger partial charge on any atom is 0.245 e. The summed E-state index contributed by atoms with van der Waals surface area (Å²) in [6, 6.07) is 17.5. The predicted octanol–water partition coefficient (Wildman–Crippen LogP) is 5.49. The van der Waals surface area contributed by atoms with Crippen LogP contribution in [0.3, 0.4) is 0 Å². The molecule has 1 unspecified atom stereocenters. The number of hydrogen-bond donors (Lipinski definition) is 2. The first kappa shape index (κ1) is 22.9. The molecule has 5 nitrogen and oxygen atoms in total. The molecule has 2 aromatic carbocycles. The van der Waals surface area contributed by atoms with Gasteiger partial charge in [0.1, 0.15) is 0 Å². The number of H-pyrrole nitrogens is 1. The minimum atomic E-state index is -1.79. The van der Waals surface area contributed by atoms with Crippen LogP contribution in [0.2, 0.25) is 0 Å². The average molecular weight is 508 g/mol. The molecule has 1 aliphatic heterocycles. The van der Waals surface area contributed by atoms with E-state index in [1.165, 1.54) is 6.08 Å². The van der Waals surface area contributed by atoms with Crippen LogP contribution in [0, 0.1) is 0 Å². The highest BCUT2D eigenvalue weighted by atomic mass is 35.6. The number of carbonyl (C=O) groups is 1. The second-order valence-corrected chi connectivity index (χ2v) is 10.1. The van der Waals surface area contributed by atoms with Crippen molar-refractivity contribution in [3.05, 3.63) is 72.4 Å². The van der Waals surface area contributed by atoms with Gasteiger partial charge in [-0.2, -0.15) is 0 Å². The monoisotopic (exact) mass is 506 g/mol. The Hall–Kier alpha value is -2.25. The van der Waals surface area contributed by atoms with Gasteiger partial charge in [-0.05, 0) is 42.4 Å². The Kier molecular flexibility index (Phi) is 6.96. The third kappa shape index (κ3) is 5.04. The molecule has 1 aliphatic rings. The van der Waals surface area contributed by atoms with E-state index in [9.17, 15) is 4.79 Å². The van der Waals surface area contributed by atoms with Crippen molar-refractivity contribution in [2.45, 2.75) is 16.4 Å². The fourth-order valence-corrected chi connectivity index (χ4v) is 4.66. The van der Waals surface area contributed by atoms with Crippen LogP contribution in [0.25, 0.3) is 17.0 Å². The third-order valence-corrected chi connectivity index (χ3v) is 6.32. The molecular formula is C23H21Cl3N4OS. The fraction of sp³-hybridized carbons (Fsp3) is 0.217. The number of rotatable bonds is 5. The lowest BCUT2D eigenvalue weighted by Crippen LogP contribution is -2.62. The lowest BCUT2D eigenvalue weighted by Gasteiger charge is -2.44. The van der Waals surface area contributed by atoms with Crippen molar-refractivity contribution in [2.24, 2.45) is 0 Å². The molecule has 0 spiro atoms. The molecule has 1 saturated heterocycles. The number of halogens is 3. The van der Waals surface area contributed by atoms with Crippen molar-refractivity contribution < 1.29 is 4.79 Å². The zero-order chi connectivity index (χ0) is 22.7. The molecule has 1 aromatic heterocycles. The number of fused-ring (bicyclic) bond motifs is 1. The minimum Gasteiger partial charge on any atom is -0.359 e. The maximum atomic E-state index is 12.7. The van der Waals surface area contributed by atoms with E-state index in [0.717, 1.165) is 35.1 Å². The zero-order valence-electron chi connectivity index (χ0n) is 17.0. The van der Waals surface area contributed by atoms with E-state index < -0.39 is 9.96 Å². The molecule has 0 saturated carbocycles. The second-order valence-electron chi connectivity index (χ2n) is 7.40. The van der Waals surface area contributed by atoms with Crippen molar-refractivity contribution in [2.75, 3.05) is 18.0 Å². The minimum absolute atomic E-state index is 0.378. The van der Waals surface area contributed by atoms with E-state index in [2.05, 4.69) is 10.3 Å². The van der Waals surface area contributed by atoms with Crippen LogP contribution in [0.4, 0.5) is 5.69 Å². The summed E-state index contributed by atoms with van der Waals surface area (Å²) in [7, 11) is 0. The van der Waals surface area contributed by atoms with E-state index in [4.69, 9.17) is 47.0 Å². The van der Waals surface area contributed by atoms with Gasteiger partial charge in [-0.25, -0.2) is 0 Å². The number of nitrogens with one attached hydrogen (secondary N) is 2. The summed E-state index contributed by atoms with van der Waals surface area (Å²) < 4.78 is -1.79. The number of aromatic amines is 1. The van der Waals surface area contributed by atoms with Crippen LogP contribution in [-0.4, -0.2) is 44.0 Å². The summed E-state index contributed by atoms with van der Waals surface area (Å²) in [5, 5.41) is 4.38. The molecule has 4 rings (SSSR count). The molecule has 1 atom stereocenters. The molecule has 0 aliphatic carbocycles. The summed E-state index contributed by atoms with van der Waals surface area (Å²) in [5.74, 6) is -0.378. The normalized spacial score (nSPS) is 16.0. The van der Waals surface area contributed by atoms with Gasteiger partial charge in [-0.15, -0.1) is 0 Å². The molecular weight excluding hydrogens is 487 g/mol. The van der Waals surface area contributed by atoms with E-state index in [0.29, 0.717) is 11.7 Å². The van der Waals surface area contributed by atoms with Crippen LogP contribution in [-0.2, 0) is 4.79 Å². The van der Waals surface area contributed by atoms with E-state index in [1.54, 1.807) is 11.0 Å². The van der Waals surface area contributed by atoms with E-state index >= 15 is 0 Å². The van der Waals surface area contributed by atoms with Gasteiger partial charge in [0.15, 0.2) is 11.3 Å². The molecule has 2 heterocycles. The van der Waals surface area contributed by atoms with E-state index in [-0.39, 0.29) is 5.91 Å². The van der Waals surface area contributed by atoms with Gasteiger partial charge in [0.25, 0.3) is 0 Å². The second kappa shape index (κ2) is 9.71. The lowest BCUT2D eigenvalue weighted by atomic mass is 10.2. The highest BCUT2D eigenvalue weighted by Crippen LogP contribution is 2.35. The number of anilines is 1. The van der Waals surface area contributed by atoms with Crippen molar-refractivity contribution in [1.29, 1.82) is 0 Å². The SMILES string of the molecule is O=C(/C=C/c1ccccc1)NC(N1CCCN(c2cccc3cc[nH]c23)C1=S)C(Cl)(Cl)Cl. The van der Waals surface area contributed by atoms with Gasteiger partial charge in [0.05, 0.1) is 11.2 Å². The Morgan fingerprint density at radius 3 is 2.62 bits per heavy atom. The Morgan fingerprint density at radius 1 is 1.09 bits per heavy atom. The average Bonchev–Trinajstić information content (AvgIpc) is 3.26. The highest BCUT2D eigenvalue weighted by Gasteiger charge is 2.42.